The average molecular weight is 512 g/mol. The normalized spacial score (nSPS) is 16.1. The monoisotopic (exact) mass is 511 g/mol. The van der Waals surface area contributed by atoms with Gasteiger partial charge in [-0.25, -0.2) is 9.97 Å². The molecule has 10 heteroatoms. The lowest BCUT2D eigenvalue weighted by molar-refractivity contribution is -0.140. The highest BCUT2D eigenvalue weighted by atomic mass is 35.5. The van der Waals surface area contributed by atoms with E-state index in [1.54, 1.807) is 30.6 Å². The van der Waals surface area contributed by atoms with Crippen LogP contribution in [0.4, 0.5) is 5.95 Å². The van der Waals surface area contributed by atoms with E-state index in [-0.39, 0.29) is 18.4 Å². The lowest BCUT2D eigenvalue weighted by Gasteiger charge is -2.36. The zero-order valence-corrected chi connectivity index (χ0v) is 21.4. The number of piperidine rings is 1. The van der Waals surface area contributed by atoms with E-state index in [1.807, 2.05) is 36.3 Å². The van der Waals surface area contributed by atoms with Crippen LogP contribution in [0.15, 0.2) is 36.7 Å². The molecule has 0 unspecified atom stereocenters. The first kappa shape index (κ1) is 25.0. The predicted octanol–water partition coefficient (Wildman–Crippen LogP) is 5.15. The number of nitrogens with one attached hydrogen (secondary N) is 1. The van der Waals surface area contributed by atoms with E-state index in [0.29, 0.717) is 39.9 Å². The van der Waals surface area contributed by atoms with Crippen LogP contribution in [0.3, 0.4) is 0 Å². The van der Waals surface area contributed by atoms with Crippen LogP contribution < -0.4 is 5.32 Å². The first-order chi connectivity index (χ1) is 16.7. The number of aromatic nitrogens is 4. The molecule has 0 spiro atoms. The minimum atomic E-state index is -0.419. The second kappa shape index (κ2) is 10.2. The van der Waals surface area contributed by atoms with Crippen LogP contribution in [0.25, 0.3) is 17.2 Å². The van der Waals surface area contributed by atoms with Crippen molar-refractivity contribution >= 4 is 35.1 Å². The Labute approximate surface area is 214 Å². The Bertz CT molecular complexity index is 1280. The van der Waals surface area contributed by atoms with E-state index >= 15 is 0 Å². The van der Waals surface area contributed by atoms with E-state index < -0.39 is 5.41 Å². The van der Waals surface area contributed by atoms with Crippen molar-refractivity contribution in [1.82, 2.24) is 24.4 Å². The van der Waals surface area contributed by atoms with Crippen molar-refractivity contribution in [1.29, 1.82) is 5.26 Å². The summed E-state index contributed by atoms with van der Waals surface area (Å²) in [5.41, 5.74) is 1.02. The number of hydrogen-bond acceptors (Lipinski definition) is 6. The number of imidazole rings is 1. The van der Waals surface area contributed by atoms with Gasteiger partial charge in [-0.05, 0) is 37.1 Å². The quantitative estimate of drug-likeness (QED) is 0.508. The van der Waals surface area contributed by atoms with Gasteiger partial charge >= 0.3 is 0 Å². The van der Waals surface area contributed by atoms with Gasteiger partial charge in [0, 0.05) is 36.3 Å². The van der Waals surface area contributed by atoms with Crippen molar-refractivity contribution in [2.24, 2.45) is 5.41 Å². The molecule has 1 N–H and O–H groups in total. The number of benzene rings is 1. The highest BCUT2D eigenvalue weighted by molar-refractivity contribution is 6.42. The Morgan fingerprint density at radius 1 is 1.23 bits per heavy atom. The van der Waals surface area contributed by atoms with Crippen molar-refractivity contribution in [3.63, 3.8) is 0 Å². The summed E-state index contributed by atoms with van der Waals surface area (Å²) < 4.78 is 1.83. The summed E-state index contributed by atoms with van der Waals surface area (Å²) in [6.07, 6.45) is 5.32. The molecule has 1 saturated heterocycles. The van der Waals surface area contributed by atoms with Gasteiger partial charge in [0.25, 0.3) is 0 Å². The summed E-state index contributed by atoms with van der Waals surface area (Å²) in [6.45, 7) is 7.18. The van der Waals surface area contributed by atoms with Gasteiger partial charge in [0.05, 0.1) is 34.4 Å². The molecular formula is C25H27Cl2N7O. The van der Waals surface area contributed by atoms with Gasteiger partial charge in [-0.1, -0.05) is 44.0 Å². The molecule has 4 rings (SSSR count). The van der Waals surface area contributed by atoms with E-state index in [1.165, 1.54) is 0 Å². The number of carbonyl (C=O) groups is 1. The smallest absolute Gasteiger partial charge is 0.228 e. The minimum absolute atomic E-state index is 0.0428. The number of hydrogen-bond donors (Lipinski definition) is 1. The molecule has 1 fully saturated rings. The zero-order chi connectivity index (χ0) is 25.2. The van der Waals surface area contributed by atoms with Gasteiger partial charge in [-0.2, -0.15) is 10.2 Å². The van der Waals surface area contributed by atoms with Gasteiger partial charge in [0.2, 0.25) is 11.9 Å². The molecule has 3 aromatic rings. The minimum Gasteiger partial charge on any atom is -0.350 e. The van der Waals surface area contributed by atoms with E-state index in [4.69, 9.17) is 28.2 Å². The van der Waals surface area contributed by atoms with Gasteiger partial charge in [0.15, 0.2) is 0 Å². The zero-order valence-electron chi connectivity index (χ0n) is 19.9. The highest BCUT2D eigenvalue weighted by Crippen LogP contribution is 2.30. The average Bonchev–Trinajstić information content (AvgIpc) is 3.24. The Hall–Kier alpha value is -3.15. The topological polar surface area (TPSA) is 99.7 Å². The van der Waals surface area contributed by atoms with Crippen molar-refractivity contribution in [3.8, 4) is 23.3 Å². The Kier molecular flexibility index (Phi) is 7.29. The number of amides is 1. The summed E-state index contributed by atoms with van der Waals surface area (Å²) in [5, 5.41) is 13.6. The molecule has 1 amide bonds. The van der Waals surface area contributed by atoms with E-state index in [9.17, 15) is 10.1 Å². The van der Waals surface area contributed by atoms with Crippen molar-refractivity contribution in [2.45, 2.75) is 46.1 Å². The van der Waals surface area contributed by atoms with Gasteiger partial charge in [-0.3, -0.25) is 9.36 Å². The molecule has 0 radical (unpaired) electrons. The molecule has 1 aliphatic heterocycles. The SMILES string of the molecule is CC(C)(C)C(=O)N1CCC[C@H](Nc2nccc(-n3c(CC#N)cnc3-c3ccc(Cl)c(Cl)c3)n2)C1. The summed E-state index contributed by atoms with van der Waals surface area (Å²) in [5.74, 6) is 1.77. The molecule has 1 aliphatic rings. The van der Waals surface area contributed by atoms with Gasteiger partial charge < -0.3 is 10.2 Å². The fraction of sp³-hybridized carbons (Fsp3) is 0.400. The molecule has 35 heavy (non-hydrogen) atoms. The number of nitrogens with zero attached hydrogens (tertiary/aromatic N) is 6. The van der Waals surface area contributed by atoms with Crippen LogP contribution in [0.5, 0.6) is 0 Å². The van der Waals surface area contributed by atoms with Crippen LogP contribution >= 0.6 is 23.2 Å². The third-order valence-corrected chi connectivity index (χ3v) is 6.57. The first-order valence-electron chi connectivity index (χ1n) is 11.5. The van der Waals surface area contributed by atoms with Crippen LogP contribution in [-0.4, -0.2) is 49.5 Å². The number of nitriles is 1. The van der Waals surface area contributed by atoms with Crippen molar-refractivity contribution < 1.29 is 4.79 Å². The molecule has 1 aromatic carbocycles. The third-order valence-electron chi connectivity index (χ3n) is 5.83. The predicted molar refractivity (Wildman–Crippen MR) is 137 cm³/mol. The maximum absolute atomic E-state index is 12.8. The number of anilines is 1. The van der Waals surface area contributed by atoms with Crippen LogP contribution in [-0.2, 0) is 11.2 Å². The lowest BCUT2D eigenvalue weighted by Crippen LogP contribution is -2.49. The standard InChI is InChI=1S/C25H27Cl2N7O/c1-25(2,3)23(35)33-12-4-5-17(15-33)31-24-29-11-9-21(32-24)34-18(8-10-28)14-30-22(34)16-6-7-19(26)20(27)13-16/h6-7,9,11,13-14,17H,4-5,8,12,15H2,1-3H3,(H,29,31,32)/t17-/m0/s1. The largest absolute Gasteiger partial charge is 0.350 e. The number of likely N-dealkylation sites (tertiary alicyclic amines) is 1. The molecule has 1 atom stereocenters. The molecule has 182 valence electrons. The maximum atomic E-state index is 12.8. The van der Waals surface area contributed by atoms with Crippen molar-refractivity contribution in [3.05, 3.63) is 52.4 Å². The highest BCUT2D eigenvalue weighted by Gasteiger charge is 2.31. The molecule has 3 heterocycles. The lowest BCUT2D eigenvalue weighted by atomic mass is 9.93. The van der Waals surface area contributed by atoms with Gasteiger partial charge in [0.1, 0.15) is 11.6 Å². The fourth-order valence-electron chi connectivity index (χ4n) is 4.17. The molecule has 0 aliphatic carbocycles. The second-order valence-corrected chi connectivity index (χ2v) is 10.4. The van der Waals surface area contributed by atoms with E-state index in [0.717, 1.165) is 24.9 Å². The second-order valence-electron chi connectivity index (χ2n) is 9.60. The molecule has 8 nitrogen and oxygen atoms in total. The number of carbonyl (C=O) groups excluding carboxylic acids is 1. The Balaban J connectivity index is 1.63. The molecule has 0 saturated carbocycles. The first-order valence-corrected chi connectivity index (χ1v) is 12.2. The van der Waals surface area contributed by atoms with Crippen LogP contribution in [0.2, 0.25) is 10.0 Å². The summed E-state index contributed by atoms with van der Waals surface area (Å²) in [6, 6.07) is 9.27. The number of halogens is 2. The Morgan fingerprint density at radius 2 is 2.03 bits per heavy atom. The van der Waals surface area contributed by atoms with Crippen LogP contribution in [0, 0.1) is 16.7 Å². The maximum Gasteiger partial charge on any atom is 0.228 e. The molecular weight excluding hydrogens is 485 g/mol. The van der Waals surface area contributed by atoms with E-state index in [2.05, 4.69) is 21.4 Å². The third kappa shape index (κ3) is 5.58. The summed E-state index contributed by atoms with van der Waals surface area (Å²) in [4.78, 5) is 28.3. The molecule has 0 bridgehead atoms. The summed E-state index contributed by atoms with van der Waals surface area (Å²) in [7, 11) is 0. The van der Waals surface area contributed by atoms with Crippen molar-refractivity contribution in [2.75, 3.05) is 18.4 Å². The summed E-state index contributed by atoms with van der Waals surface area (Å²) >= 11 is 12.3. The molecule has 2 aromatic heterocycles. The number of rotatable bonds is 5. The van der Waals surface area contributed by atoms with Gasteiger partial charge in [-0.15, -0.1) is 0 Å². The van der Waals surface area contributed by atoms with Crippen LogP contribution in [0.1, 0.15) is 39.3 Å². The fourth-order valence-corrected chi connectivity index (χ4v) is 4.47. The Morgan fingerprint density at radius 3 is 2.74 bits per heavy atom.